The van der Waals surface area contributed by atoms with E-state index in [1.807, 2.05) is 26.8 Å². The van der Waals surface area contributed by atoms with Crippen LogP contribution in [0.15, 0.2) is 18.2 Å². The topological polar surface area (TPSA) is 80.0 Å². The predicted molar refractivity (Wildman–Crippen MR) is 76.5 cm³/mol. The normalized spacial score (nSPS) is 14.2. The molecule has 2 aromatic rings. The van der Waals surface area contributed by atoms with Gasteiger partial charge in [0.1, 0.15) is 5.52 Å². The summed E-state index contributed by atoms with van der Waals surface area (Å²) in [6.07, 6.45) is 0.656. The molecule has 0 radical (unpaired) electrons. The van der Waals surface area contributed by atoms with Crippen molar-refractivity contribution in [3.05, 3.63) is 23.8 Å². The van der Waals surface area contributed by atoms with Gasteiger partial charge in [-0.2, -0.15) is 0 Å². The third-order valence-electron chi connectivity index (χ3n) is 3.62. The van der Waals surface area contributed by atoms with Crippen LogP contribution < -0.4 is 5.32 Å². The van der Waals surface area contributed by atoms with Crippen molar-refractivity contribution in [1.29, 1.82) is 0 Å². The molecule has 1 aromatic carbocycles. The van der Waals surface area contributed by atoms with Crippen LogP contribution in [0, 0.1) is 0 Å². The molecule has 0 saturated carbocycles. The fourth-order valence-corrected chi connectivity index (χ4v) is 1.93. The zero-order valence-electron chi connectivity index (χ0n) is 12.1. The monoisotopic (exact) mass is 276 g/mol. The Kier molecular flexibility index (Phi) is 4.04. The number of rotatable bonds is 5. The smallest absolute Gasteiger partial charge is 0.251 e. The van der Waals surface area contributed by atoms with Gasteiger partial charge in [-0.25, -0.2) is 4.68 Å². The fourth-order valence-electron chi connectivity index (χ4n) is 1.93. The summed E-state index contributed by atoms with van der Waals surface area (Å²) in [6.45, 7) is 6.37. The van der Waals surface area contributed by atoms with Gasteiger partial charge in [0.2, 0.25) is 0 Å². The molecule has 6 heteroatoms. The Morgan fingerprint density at radius 3 is 2.80 bits per heavy atom. The van der Waals surface area contributed by atoms with E-state index in [-0.39, 0.29) is 12.5 Å². The lowest BCUT2D eigenvalue weighted by atomic mass is 9.99. The second-order valence-corrected chi connectivity index (χ2v) is 5.14. The van der Waals surface area contributed by atoms with Crippen molar-refractivity contribution in [1.82, 2.24) is 20.3 Å². The molecule has 1 atom stereocenters. The highest BCUT2D eigenvalue weighted by Crippen LogP contribution is 2.15. The Morgan fingerprint density at radius 1 is 1.45 bits per heavy atom. The molecule has 0 saturated heterocycles. The summed E-state index contributed by atoms with van der Waals surface area (Å²) >= 11 is 0. The summed E-state index contributed by atoms with van der Waals surface area (Å²) in [7, 11) is 0. The molecule has 1 heterocycles. The molecule has 0 aliphatic rings. The molecular formula is C14H20N4O2. The Morgan fingerprint density at radius 2 is 2.20 bits per heavy atom. The van der Waals surface area contributed by atoms with Crippen molar-refractivity contribution in [3.8, 4) is 0 Å². The quantitative estimate of drug-likeness (QED) is 0.863. The predicted octanol–water partition coefficient (Wildman–Crippen LogP) is 1.34. The van der Waals surface area contributed by atoms with E-state index in [0.717, 1.165) is 12.1 Å². The van der Waals surface area contributed by atoms with Gasteiger partial charge >= 0.3 is 0 Å². The number of carbonyl (C=O) groups excluding carboxylic acids is 1. The standard InChI is InChI=1S/C14H20N4O2/c1-4-14(3,9-19)15-13(20)10-6-7-12-11(8-10)16-17-18(12)5-2/h6-8,19H,4-5,9H2,1-3H3,(H,15,20). The maximum atomic E-state index is 12.2. The molecule has 20 heavy (non-hydrogen) atoms. The number of aromatic nitrogens is 3. The highest BCUT2D eigenvalue weighted by atomic mass is 16.3. The first-order valence-corrected chi connectivity index (χ1v) is 6.79. The van der Waals surface area contributed by atoms with Gasteiger partial charge in [-0.15, -0.1) is 5.10 Å². The number of nitrogens with one attached hydrogen (secondary N) is 1. The minimum atomic E-state index is -0.604. The summed E-state index contributed by atoms with van der Waals surface area (Å²) in [5.74, 6) is -0.212. The maximum absolute atomic E-state index is 12.2. The third kappa shape index (κ3) is 2.65. The van der Waals surface area contributed by atoms with Crippen LogP contribution in [0.1, 0.15) is 37.6 Å². The largest absolute Gasteiger partial charge is 0.394 e. The number of nitrogens with zero attached hydrogens (tertiary/aromatic N) is 3. The lowest BCUT2D eigenvalue weighted by Gasteiger charge is -2.27. The van der Waals surface area contributed by atoms with Crippen molar-refractivity contribution in [2.75, 3.05) is 6.61 Å². The van der Waals surface area contributed by atoms with Crippen molar-refractivity contribution in [2.24, 2.45) is 0 Å². The highest BCUT2D eigenvalue weighted by molar-refractivity contribution is 5.97. The molecule has 0 aliphatic carbocycles. The van der Waals surface area contributed by atoms with Crippen LogP contribution in [0.2, 0.25) is 0 Å². The Balaban J connectivity index is 2.27. The van der Waals surface area contributed by atoms with E-state index in [9.17, 15) is 9.90 Å². The molecule has 1 unspecified atom stereocenters. The van der Waals surface area contributed by atoms with Crippen molar-refractivity contribution >= 4 is 16.9 Å². The Hall–Kier alpha value is -1.95. The van der Waals surface area contributed by atoms with Gasteiger partial charge in [-0.1, -0.05) is 12.1 Å². The average molecular weight is 276 g/mol. The number of amides is 1. The van der Waals surface area contributed by atoms with Gasteiger partial charge in [-0.3, -0.25) is 4.79 Å². The molecule has 0 fully saturated rings. The number of aliphatic hydroxyl groups excluding tert-OH is 1. The summed E-state index contributed by atoms with van der Waals surface area (Å²) in [5.41, 5.74) is 1.52. The Labute approximate surface area is 117 Å². The summed E-state index contributed by atoms with van der Waals surface area (Å²) in [5, 5.41) is 20.3. The number of aryl methyl sites for hydroxylation is 1. The number of hydrogen-bond donors (Lipinski definition) is 2. The van der Waals surface area contributed by atoms with E-state index in [0.29, 0.717) is 17.5 Å². The molecular weight excluding hydrogens is 256 g/mol. The van der Waals surface area contributed by atoms with E-state index in [1.54, 1.807) is 16.8 Å². The molecule has 2 N–H and O–H groups in total. The van der Waals surface area contributed by atoms with Crippen molar-refractivity contribution < 1.29 is 9.90 Å². The van der Waals surface area contributed by atoms with Gasteiger partial charge in [0.05, 0.1) is 17.7 Å². The summed E-state index contributed by atoms with van der Waals surface area (Å²) in [6, 6.07) is 5.31. The second kappa shape index (κ2) is 5.58. The molecule has 1 amide bonds. The molecule has 0 spiro atoms. The first-order chi connectivity index (χ1) is 9.53. The first-order valence-electron chi connectivity index (χ1n) is 6.79. The van der Waals surface area contributed by atoms with Crippen LogP contribution in [0.4, 0.5) is 0 Å². The molecule has 2 rings (SSSR count). The van der Waals surface area contributed by atoms with Crippen LogP contribution in [-0.4, -0.2) is 38.2 Å². The average Bonchev–Trinajstić information content (AvgIpc) is 2.89. The molecule has 0 aliphatic heterocycles. The lowest BCUT2D eigenvalue weighted by Crippen LogP contribution is -2.48. The second-order valence-electron chi connectivity index (χ2n) is 5.14. The fraction of sp³-hybridized carbons (Fsp3) is 0.500. The minimum absolute atomic E-state index is 0.0937. The van der Waals surface area contributed by atoms with E-state index >= 15 is 0 Å². The van der Waals surface area contributed by atoms with E-state index in [4.69, 9.17) is 0 Å². The third-order valence-corrected chi connectivity index (χ3v) is 3.62. The number of carbonyl (C=O) groups is 1. The Bertz CT molecular complexity index is 617. The van der Waals surface area contributed by atoms with Gasteiger partial charge in [-0.05, 0) is 38.5 Å². The van der Waals surface area contributed by atoms with Crippen molar-refractivity contribution in [3.63, 3.8) is 0 Å². The molecule has 108 valence electrons. The zero-order valence-corrected chi connectivity index (χ0v) is 12.1. The number of aliphatic hydroxyl groups is 1. The molecule has 0 bridgehead atoms. The number of benzene rings is 1. The van der Waals surface area contributed by atoms with Crippen LogP contribution in [0.25, 0.3) is 11.0 Å². The van der Waals surface area contributed by atoms with Gasteiger partial charge in [0.25, 0.3) is 5.91 Å². The van der Waals surface area contributed by atoms with Gasteiger partial charge < -0.3 is 10.4 Å². The van der Waals surface area contributed by atoms with Gasteiger partial charge in [0.15, 0.2) is 0 Å². The summed E-state index contributed by atoms with van der Waals surface area (Å²) < 4.78 is 1.78. The minimum Gasteiger partial charge on any atom is -0.394 e. The van der Waals surface area contributed by atoms with Crippen LogP contribution >= 0.6 is 0 Å². The van der Waals surface area contributed by atoms with Crippen LogP contribution in [0.5, 0.6) is 0 Å². The van der Waals surface area contributed by atoms with Crippen molar-refractivity contribution in [2.45, 2.75) is 39.3 Å². The zero-order chi connectivity index (χ0) is 14.8. The van der Waals surface area contributed by atoms with Crippen LogP contribution in [-0.2, 0) is 6.54 Å². The molecule has 1 aromatic heterocycles. The maximum Gasteiger partial charge on any atom is 0.251 e. The van der Waals surface area contributed by atoms with E-state index < -0.39 is 5.54 Å². The van der Waals surface area contributed by atoms with E-state index in [1.165, 1.54) is 0 Å². The highest BCUT2D eigenvalue weighted by Gasteiger charge is 2.24. The summed E-state index contributed by atoms with van der Waals surface area (Å²) in [4.78, 5) is 12.2. The SMILES string of the molecule is CCn1nnc2cc(C(=O)NC(C)(CC)CO)ccc21. The lowest BCUT2D eigenvalue weighted by molar-refractivity contribution is 0.0847. The number of fused-ring (bicyclic) bond motifs is 1. The first kappa shape index (κ1) is 14.5. The van der Waals surface area contributed by atoms with Gasteiger partial charge in [0, 0.05) is 12.1 Å². The van der Waals surface area contributed by atoms with Crippen LogP contribution in [0.3, 0.4) is 0 Å². The van der Waals surface area contributed by atoms with E-state index in [2.05, 4.69) is 15.6 Å². The number of hydrogen-bond acceptors (Lipinski definition) is 4. The molecule has 6 nitrogen and oxygen atoms in total.